The first-order chi connectivity index (χ1) is 11.2. The molecule has 0 fully saturated rings. The first kappa shape index (κ1) is 17.0. The molecule has 1 atom stereocenters. The van der Waals surface area contributed by atoms with E-state index in [-0.39, 0.29) is 5.97 Å². The maximum atomic E-state index is 12.3. The highest BCUT2D eigenvalue weighted by atomic mass is 16.5. The van der Waals surface area contributed by atoms with E-state index in [1.165, 1.54) is 0 Å². The molecular formula is C19H23NO3. The number of methoxy groups -OCH3 is 1. The number of carbonyl (C=O) groups is 1. The van der Waals surface area contributed by atoms with Crippen molar-refractivity contribution in [3.05, 3.63) is 65.7 Å². The van der Waals surface area contributed by atoms with Crippen LogP contribution in [0.15, 0.2) is 54.6 Å². The Morgan fingerprint density at radius 1 is 1.09 bits per heavy atom. The van der Waals surface area contributed by atoms with Gasteiger partial charge in [-0.25, -0.2) is 4.79 Å². The molecule has 0 aliphatic carbocycles. The average Bonchev–Trinajstić information content (AvgIpc) is 2.56. The highest BCUT2D eigenvalue weighted by Crippen LogP contribution is 2.15. The van der Waals surface area contributed by atoms with Crippen molar-refractivity contribution >= 4 is 11.7 Å². The number of rotatable bonds is 8. The molecule has 4 nitrogen and oxygen atoms in total. The van der Waals surface area contributed by atoms with Crippen LogP contribution in [0, 0.1) is 0 Å². The smallest absolute Gasteiger partial charge is 0.328 e. The summed E-state index contributed by atoms with van der Waals surface area (Å²) in [6, 6.07) is 17.4. The van der Waals surface area contributed by atoms with E-state index in [4.69, 9.17) is 9.47 Å². The van der Waals surface area contributed by atoms with Gasteiger partial charge in [-0.05, 0) is 30.2 Å². The van der Waals surface area contributed by atoms with Crippen LogP contribution in [0.5, 0.6) is 0 Å². The maximum Gasteiger partial charge on any atom is 0.328 e. The van der Waals surface area contributed by atoms with Crippen molar-refractivity contribution in [3.63, 3.8) is 0 Å². The normalized spacial score (nSPS) is 11.7. The van der Waals surface area contributed by atoms with Gasteiger partial charge in [0, 0.05) is 19.2 Å². The van der Waals surface area contributed by atoms with Crippen molar-refractivity contribution in [1.82, 2.24) is 0 Å². The van der Waals surface area contributed by atoms with Gasteiger partial charge in [0.25, 0.3) is 0 Å². The molecule has 0 bridgehead atoms. The summed E-state index contributed by atoms with van der Waals surface area (Å²) in [5.74, 6) is -0.242. The second-order valence-electron chi connectivity index (χ2n) is 5.27. The lowest BCUT2D eigenvalue weighted by Crippen LogP contribution is -2.33. The molecule has 1 N–H and O–H groups in total. The van der Waals surface area contributed by atoms with Gasteiger partial charge in [-0.3, -0.25) is 0 Å². The summed E-state index contributed by atoms with van der Waals surface area (Å²) in [5.41, 5.74) is 3.03. The van der Waals surface area contributed by atoms with Crippen LogP contribution >= 0.6 is 0 Å². The molecule has 0 heterocycles. The summed E-state index contributed by atoms with van der Waals surface area (Å²) < 4.78 is 10.4. The van der Waals surface area contributed by atoms with Crippen LogP contribution in [-0.2, 0) is 27.3 Å². The molecule has 0 aromatic heterocycles. The first-order valence-corrected chi connectivity index (χ1v) is 7.78. The molecule has 0 spiro atoms. The van der Waals surface area contributed by atoms with Crippen molar-refractivity contribution in [2.24, 2.45) is 0 Å². The van der Waals surface area contributed by atoms with Crippen LogP contribution in [0.1, 0.15) is 18.1 Å². The van der Waals surface area contributed by atoms with Crippen LogP contribution in [0.4, 0.5) is 5.69 Å². The highest BCUT2D eigenvalue weighted by Gasteiger charge is 2.20. The molecule has 0 aliphatic rings. The van der Waals surface area contributed by atoms with E-state index in [0.717, 1.165) is 16.8 Å². The van der Waals surface area contributed by atoms with E-state index in [0.29, 0.717) is 19.6 Å². The van der Waals surface area contributed by atoms with Crippen molar-refractivity contribution < 1.29 is 14.3 Å². The minimum absolute atomic E-state index is 0.242. The number of benzene rings is 2. The number of carbonyl (C=O) groups excluding carboxylic acids is 1. The Morgan fingerprint density at radius 3 is 2.52 bits per heavy atom. The number of anilines is 1. The Balaban J connectivity index is 2.13. The van der Waals surface area contributed by atoms with Gasteiger partial charge in [0.1, 0.15) is 6.04 Å². The fourth-order valence-corrected chi connectivity index (χ4v) is 2.40. The third-order valence-electron chi connectivity index (χ3n) is 3.43. The van der Waals surface area contributed by atoms with Gasteiger partial charge in [0.05, 0.1) is 13.2 Å². The molecular weight excluding hydrogens is 290 g/mol. The number of esters is 1. The number of hydrogen-bond acceptors (Lipinski definition) is 4. The van der Waals surface area contributed by atoms with Crippen LogP contribution in [0.2, 0.25) is 0 Å². The molecule has 0 amide bonds. The fraction of sp³-hybridized carbons (Fsp3) is 0.316. The lowest BCUT2D eigenvalue weighted by Gasteiger charge is -2.19. The van der Waals surface area contributed by atoms with Gasteiger partial charge >= 0.3 is 5.97 Å². The summed E-state index contributed by atoms with van der Waals surface area (Å²) >= 11 is 0. The SMILES string of the molecule is CCOC(=O)[C@@H](Cc1ccccc1)Nc1cccc(COC)c1. The van der Waals surface area contributed by atoms with E-state index in [2.05, 4.69) is 5.32 Å². The molecule has 23 heavy (non-hydrogen) atoms. The van der Waals surface area contributed by atoms with Gasteiger partial charge in [-0.2, -0.15) is 0 Å². The molecule has 0 radical (unpaired) electrons. The van der Waals surface area contributed by atoms with Crippen LogP contribution in [0.25, 0.3) is 0 Å². The summed E-state index contributed by atoms with van der Waals surface area (Å²) in [4.78, 5) is 12.3. The molecule has 0 saturated heterocycles. The van der Waals surface area contributed by atoms with Crippen molar-refractivity contribution in [2.45, 2.75) is 26.0 Å². The van der Waals surface area contributed by atoms with Gasteiger partial charge in [-0.1, -0.05) is 42.5 Å². The number of hydrogen-bond donors (Lipinski definition) is 1. The zero-order valence-corrected chi connectivity index (χ0v) is 13.6. The van der Waals surface area contributed by atoms with Crippen molar-refractivity contribution in [3.8, 4) is 0 Å². The number of ether oxygens (including phenoxy) is 2. The van der Waals surface area contributed by atoms with Crippen molar-refractivity contribution in [2.75, 3.05) is 19.0 Å². The largest absolute Gasteiger partial charge is 0.464 e. The monoisotopic (exact) mass is 313 g/mol. The lowest BCUT2D eigenvalue weighted by molar-refractivity contribution is -0.144. The predicted molar refractivity (Wildman–Crippen MR) is 91.3 cm³/mol. The number of nitrogens with one attached hydrogen (secondary N) is 1. The van der Waals surface area contributed by atoms with E-state index >= 15 is 0 Å². The quantitative estimate of drug-likeness (QED) is 0.759. The Hall–Kier alpha value is -2.33. The summed E-state index contributed by atoms with van der Waals surface area (Å²) in [7, 11) is 1.66. The second kappa shape index (κ2) is 8.96. The van der Waals surface area contributed by atoms with E-state index in [1.54, 1.807) is 7.11 Å². The molecule has 0 unspecified atom stereocenters. The summed E-state index contributed by atoms with van der Waals surface area (Å²) in [6.45, 7) is 2.73. The van der Waals surface area contributed by atoms with E-state index in [9.17, 15) is 4.79 Å². The highest BCUT2D eigenvalue weighted by molar-refractivity contribution is 5.79. The Bertz CT molecular complexity index is 613. The van der Waals surface area contributed by atoms with Gasteiger partial charge in [0.15, 0.2) is 0 Å². The minimum atomic E-state index is -0.421. The van der Waals surface area contributed by atoms with Crippen LogP contribution in [-0.4, -0.2) is 25.7 Å². The molecule has 2 rings (SSSR count). The topological polar surface area (TPSA) is 47.6 Å². The lowest BCUT2D eigenvalue weighted by atomic mass is 10.1. The second-order valence-corrected chi connectivity index (χ2v) is 5.27. The standard InChI is InChI=1S/C19H23NO3/c1-3-23-19(21)18(13-15-8-5-4-6-9-15)20-17-11-7-10-16(12-17)14-22-2/h4-12,18,20H,3,13-14H2,1-2H3/t18-/m1/s1. The van der Waals surface area contributed by atoms with Crippen LogP contribution < -0.4 is 5.32 Å². The minimum Gasteiger partial charge on any atom is -0.464 e. The first-order valence-electron chi connectivity index (χ1n) is 7.78. The zero-order chi connectivity index (χ0) is 16.5. The van der Waals surface area contributed by atoms with Gasteiger partial charge < -0.3 is 14.8 Å². The van der Waals surface area contributed by atoms with E-state index in [1.807, 2.05) is 61.5 Å². The Labute approximate surface area is 137 Å². The fourth-order valence-electron chi connectivity index (χ4n) is 2.40. The molecule has 2 aromatic rings. The summed E-state index contributed by atoms with van der Waals surface area (Å²) in [5, 5.41) is 3.28. The van der Waals surface area contributed by atoms with Gasteiger partial charge in [0.2, 0.25) is 0 Å². The molecule has 122 valence electrons. The molecule has 0 saturated carbocycles. The zero-order valence-electron chi connectivity index (χ0n) is 13.6. The predicted octanol–water partition coefficient (Wildman–Crippen LogP) is 3.42. The molecule has 2 aromatic carbocycles. The molecule has 4 heteroatoms. The molecule has 0 aliphatic heterocycles. The summed E-state index contributed by atoms with van der Waals surface area (Å²) in [6.07, 6.45) is 0.578. The third kappa shape index (κ3) is 5.42. The average molecular weight is 313 g/mol. The van der Waals surface area contributed by atoms with Gasteiger partial charge in [-0.15, -0.1) is 0 Å². The Morgan fingerprint density at radius 2 is 1.83 bits per heavy atom. The van der Waals surface area contributed by atoms with Crippen molar-refractivity contribution in [1.29, 1.82) is 0 Å². The third-order valence-corrected chi connectivity index (χ3v) is 3.43. The Kier molecular flexibility index (Phi) is 6.63. The maximum absolute atomic E-state index is 12.3. The van der Waals surface area contributed by atoms with Crippen LogP contribution in [0.3, 0.4) is 0 Å². The van der Waals surface area contributed by atoms with E-state index < -0.39 is 6.04 Å².